The molecule has 64 heavy (non-hydrogen) atoms. The first-order valence-corrected chi connectivity index (χ1v) is 18.6. The molecule has 3 aromatic rings. The molecule has 3 rings (SSSR count). The van der Waals surface area contributed by atoms with Crippen molar-refractivity contribution in [2.24, 2.45) is 0 Å². The number of carbonyl (C=O) groups excluding carboxylic acids is 2. The van der Waals surface area contributed by atoms with Crippen LogP contribution in [0.25, 0.3) is 0 Å². The Balaban J connectivity index is 1.53. The summed E-state index contributed by atoms with van der Waals surface area (Å²) < 4.78 is 249. The molecule has 0 N–H and O–H groups in total. The summed E-state index contributed by atoms with van der Waals surface area (Å²) in [4.78, 5) is 24.8. The van der Waals surface area contributed by atoms with E-state index < -0.39 is 78.7 Å². The molecule has 0 saturated carbocycles. The lowest BCUT2D eigenvalue weighted by Gasteiger charge is -2.42. The zero-order chi connectivity index (χ0) is 48.6. The van der Waals surface area contributed by atoms with E-state index in [9.17, 15) is 84.2 Å². The van der Waals surface area contributed by atoms with Gasteiger partial charge in [-0.05, 0) is 86.1 Å². The molecule has 0 fully saturated rings. The van der Waals surface area contributed by atoms with E-state index in [0.29, 0.717) is 23.5 Å². The van der Waals surface area contributed by atoms with Gasteiger partial charge >= 0.3 is 59.6 Å². The SMILES string of the molecule is CCCCCCCOc1ccc(C#Cc2ccc(C(=O)Oc3ccc(O[C@@H](C)C(=O)OCCC(F)(F)C(F)(F)C(F)(F)C(F)(F)C(F)(F)C(F)(F)C(F)(F)C(F)(F)F)cc3)cc2)cc1. The van der Waals surface area contributed by atoms with Crippen LogP contribution < -0.4 is 14.2 Å². The number of unbranched alkanes of at least 4 members (excludes halogenated alkanes) is 4. The number of esters is 2. The Morgan fingerprint density at radius 3 is 1.47 bits per heavy atom. The third kappa shape index (κ3) is 11.4. The number of halogens is 17. The van der Waals surface area contributed by atoms with Crippen molar-refractivity contribution in [2.75, 3.05) is 13.2 Å². The zero-order valence-corrected chi connectivity index (χ0v) is 33.0. The number of hydrogen-bond acceptors (Lipinski definition) is 6. The van der Waals surface area contributed by atoms with Crippen LogP contribution in [0.4, 0.5) is 74.6 Å². The summed E-state index contributed by atoms with van der Waals surface area (Å²) in [5.41, 5.74) is 1.38. The molecule has 0 bridgehead atoms. The lowest BCUT2D eigenvalue weighted by atomic mass is 9.88. The molecule has 354 valence electrons. The molecule has 0 aliphatic rings. The lowest BCUT2D eigenvalue weighted by Crippen LogP contribution is -2.74. The summed E-state index contributed by atoms with van der Waals surface area (Å²) >= 11 is 0. The molecule has 0 amide bonds. The molecule has 0 aliphatic carbocycles. The van der Waals surface area contributed by atoms with Crippen LogP contribution in [0, 0.1) is 11.8 Å². The number of ether oxygens (including phenoxy) is 4. The highest BCUT2D eigenvalue weighted by atomic mass is 19.4. The van der Waals surface area contributed by atoms with Crippen LogP contribution >= 0.6 is 0 Å². The van der Waals surface area contributed by atoms with Crippen molar-refractivity contribution >= 4 is 11.9 Å². The van der Waals surface area contributed by atoms with Gasteiger partial charge in [0.15, 0.2) is 6.10 Å². The molecule has 6 nitrogen and oxygen atoms in total. The van der Waals surface area contributed by atoms with Crippen LogP contribution in [0.5, 0.6) is 17.2 Å². The van der Waals surface area contributed by atoms with Gasteiger partial charge in [0, 0.05) is 11.1 Å². The Morgan fingerprint density at radius 1 is 0.531 bits per heavy atom. The monoisotopic (exact) mass is 946 g/mol. The predicted molar refractivity (Wildman–Crippen MR) is 191 cm³/mol. The molecule has 0 unspecified atom stereocenters. The van der Waals surface area contributed by atoms with Crippen molar-refractivity contribution in [3.63, 3.8) is 0 Å². The standard InChI is InChI=1S/C41H35F17O6/c1-3-4-5-6-7-23-61-29-16-12-27(13-17-29)9-8-26-10-14-28(15-11-26)33(60)64-31-20-18-30(19-21-31)63-25(2)32(59)62-24-22-34(42,43)35(44,45)36(46,47)37(48,49)38(50,51)39(52,53)40(54,55)41(56,57)58/h10-21,25H,3-7,22-24H2,1-2H3/t25-/m0/s1. The molecule has 3 aromatic carbocycles. The largest absolute Gasteiger partial charge is 0.494 e. The van der Waals surface area contributed by atoms with Crippen LogP contribution in [0.3, 0.4) is 0 Å². The summed E-state index contributed by atoms with van der Waals surface area (Å²) in [6.45, 7) is 1.47. The van der Waals surface area contributed by atoms with Gasteiger partial charge < -0.3 is 18.9 Å². The summed E-state index contributed by atoms with van der Waals surface area (Å²) in [6.07, 6.45) is -7.12. The van der Waals surface area contributed by atoms with Crippen molar-refractivity contribution in [3.05, 3.63) is 89.5 Å². The fourth-order valence-electron chi connectivity index (χ4n) is 5.12. The van der Waals surface area contributed by atoms with Crippen LogP contribution in [0.15, 0.2) is 72.8 Å². The Morgan fingerprint density at radius 2 is 0.969 bits per heavy atom. The van der Waals surface area contributed by atoms with Crippen LogP contribution in [-0.2, 0) is 9.53 Å². The highest BCUT2D eigenvalue weighted by molar-refractivity contribution is 5.91. The maximum Gasteiger partial charge on any atom is 0.460 e. The molecule has 0 aromatic heterocycles. The average molecular weight is 947 g/mol. The van der Waals surface area contributed by atoms with Crippen molar-refractivity contribution in [1.82, 2.24) is 0 Å². The number of benzene rings is 3. The Bertz CT molecular complexity index is 2080. The fraction of sp³-hybridized carbons (Fsp3) is 0.463. The molecule has 0 heterocycles. The summed E-state index contributed by atoms with van der Waals surface area (Å²) in [6, 6.07) is 17.6. The minimum atomic E-state index is -8.75. The molecule has 0 spiro atoms. The quantitative estimate of drug-likeness (QED) is 0.0348. The second-order valence-electron chi connectivity index (χ2n) is 13.8. The zero-order valence-electron chi connectivity index (χ0n) is 33.0. The van der Waals surface area contributed by atoms with Crippen molar-refractivity contribution < 1.29 is 103 Å². The first-order valence-electron chi connectivity index (χ1n) is 18.6. The second kappa shape index (κ2) is 20.2. The molecule has 23 heteroatoms. The summed E-state index contributed by atoms with van der Waals surface area (Å²) in [5, 5.41) is 0. The maximum atomic E-state index is 14.2. The Kier molecular flexibility index (Phi) is 16.7. The maximum absolute atomic E-state index is 14.2. The smallest absolute Gasteiger partial charge is 0.460 e. The highest BCUT2D eigenvalue weighted by Crippen LogP contribution is 2.64. The minimum absolute atomic E-state index is 0.0820. The number of hydrogen-bond donors (Lipinski definition) is 0. The van der Waals surface area contributed by atoms with E-state index in [2.05, 4.69) is 23.5 Å². The molecule has 1 atom stereocenters. The van der Waals surface area contributed by atoms with Gasteiger partial charge in [-0.1, -0.05) is 44.4 Å². The van der Waals surface area contributed by atoms with Gasteiger partial charge in [0.2, 0.25) is 0 Å². The molecular weight excluding hydrogens is 911 g/mol. The highest BCUT2D eigenvalue weighted by Gasteiger charge is 2.95. The van der Waals surface area contributed by atoms with Crippen molar-refractivity contribution in [1.29, 1.82) is 0 Å². The van der Waals surface area contributed by atoms with Gasteiger partial charge in [-0.3, -0.25) is 0 Å². The third-order valence-corrected chi connectivity index (χ3v) is 8.97. The van der Waals surface area contributed by atoms with Crippen LogP contribution in [0.2, 0.25) is 0 Å². The average Bonchev–Trinajstić information content (AvgIpc) is 3.21. The van der Waals surface area contributed by atoms with Crippen molar-refractivity contribution in [3.8, 4) is 29.1 Å². The fourth-order valence-corrected chi connectivity index (χ4v) is 5.12. The van der Waals surface area contributed by atoms with E-state index in [1.165, 1.54) is 18.6 Å². The normalized spacial score (nSPS) is 13.7. The van der Waals surface area contributed by atoms with Gasteiger partial charge in [-0.15, -0.1) is 0 Å². The minimum Gasteiger partial charge on any atom is -0.494 e. The van der Waals surface area contributed by atoms with Gasteiger partial charge in [0.25, 0.3) is 0 Å². The molecule has 0 radical (unpaired) electrons. The summed E-state index contributed by atoms with van der Waals surface area (Å²) in [5.74, 6) is -53.6. The lowest BCUT2D eigenvalue weighted by molar-refractivity contribution is -0.461. The predicted octanol–water partition coefficient (Wildman–Crippen LogP) is 12.4. The first kappa shape index (κ1) is 52.9. The number of alkyl halides is 17. The van der Waals surface area contributed by atoms with E-state index in [4.69, 9.17) is 14.2 Å². The molecule has 0 saturated heterocycles. The Labute approximate surface area is 353 Å². The van der Waals surface area contributed by atoms with E-state index in [0.717, 1.165) is 56.9 Å². The van der Waals surface area contributed by atoms with E-state index in [1.54, 1.807) is 36.4 Å². The summed E-state index contributed by atoms with van der Waals surface area (Å²) in [7, 11) is 0. The van der Waals surface area contributed by atoms with E-state index >= 15 is 0 Å². The third-order valence-electron chi connectivity index (χ3n) is 8.97. The second-order valence-corrected chi connectivity index (χ2v) is 13.8. The molecule has 0 aliphatic heterocycles. The van der Waals surface area contributed by atoms with E-state index in [1.807, 2.05) is 0 Å². The van der Waals surface area contributed by atoms with Gasteiger partial charge in [-0.2, -0.15) is 74.6 Å². The van der Waals surface area contributed by atoms with Gasteiger partial charge in [-0.25, -0.2) is 9.59 Å². The topological polar surface area (TPSA) is 71.1 Å². The number of rotatable bonds is 21. The van der Waals surface area contributed by atoms with Gasteiger partial charge in [0.1, 0.15) is 17.2 Å². The van der Waals surface area contributed by atoms with Crippen LogP contribution in [-0.4, -0.2) is 78.9 Å². The van der Waals surface area contributed by atoms with Crippen molar-refractivity contribution in [2.45, 2.75) is 106 Å². The Hall–Kier alpha value is -5.43. The number of carbonyl (C=O) groups is 2. The molecular formula is C41H35F17O6. The van der Waals surface area contributed by atoms with Crippen LogP contribution in [0.1, 0.15) is 73.9 Å². The first-order chi connectivity index (χ1) is 29.4. The van der Waals surface area contributed by atoms with E-state index in [-0.39, 0.29) is 17.1 Å². The van der Waals surface area contributed by atoms with Gasteiger partial charge in [0.05, 0.1) is 25.2 Å².